The number of aromatic amines is 1. The van der Waals surface area contributed by atoms with Gasteiger partial charge < -0.3 is 19.7 Å². The maximum atomic E-state index is 12.6. The molecule has 31 heavy (non-hydrogen) atoms. The van der Waals surface area contributed by atoms with Gasteiger partial charge in [-0.25, -0.2) is 0 Å². The van der Waals surface area contributed by atoms with Crippen molar-refractivity contribution in [2.75, 3.05) is 32.2 Å². The number of aromatic nitrogens is 2. The second-order valence-corrected chi connectivity index (χ2v) is 7.71. The molecule has 1 atom stereocenters. The molecule has 7 heteroatoms. The lowest BCUT2D eigenvalue weighted by Crippen LogP contribution is -2.48. The summed E-state index contributed by atoms with van der Waals surface area (Å²) in [7, 11) is 3.28. The van der Waals surface area contributed by atoms with Gasteiger partial charge in [0.2, 0.25) is 5.91 Å². The van der Waals surface area contributed by atoms with Crippen LogP contribution in [0.3, 0.4) is 0 Å². The summed E-state index contributed by atoms with van der Waals surface area (Å²) in [4.78, 5) is 14.8. The van der Waals surface area contributed by atoms with Crippen molar-refractivity contribution in [1.82, 2.24) is 15.5 Å². The third kappa shape index (κ3) is 4.99. The van der Waals surface area contributed by atoms with Gasteiger partial charge in [-0.05, 0) is 48.7 Å². The number of carbonyl (C=O) groups excluding carboxylic acids is 1. The number of anilines is 1. The van der Waals surface area contributed by atoms with Crippen molar-refractivity contribution in [3.05, 3.63) is 60.2 Å². The van der Waals surface area contributed by atoms with Gasteiger partial charge in [-0.2, -0.15) is 5.10 Å². The summed E-state index contributed by atoms with van der Waals surface area (Å²) < 4.78 is 10.6. The molecule has 1 fully saturated rings. The molecule has 162 valence electrons. The van der Waals surface area contributed by atoms with E-state index < -0.39 is 0 Å². The second-order valence-electron chi connectivity index (χ2n) is 7.71. The Morgan fingerprint density at radius 2 is 1.97 bits per heavy atom. The highest BCUT2D eigenvalue weighted by molar-refractivity contribution is 5.79. The summed E-state index contributed by atoms with van der Waals surface area (Å²) in [5, 5.41) is 10.8. The van der Waals surface area contributed by atoms with Crippen LogP contribution < -0.4 is 19.7 Å². The van der Waals surface area contributed by atoms with E-state index >= 15 is 0 Å². The normalized spacial score (nSPS) is 16.1. The van der Waals surface area contributed by atoms with Crippen LogP contribution >= 0.6 is 0 Å². The fourth-order valence-electron chi connectivity index (χ4n) is 4.00. The number of para-hydroxylation sites is 1. The van der Waals surface area contributed by atoms with E-state index in [0.717, 1.165) is 60.1 Å². The molecule has 0 aliphatic carbocycles. The number of hydrogen-bond acceptors (Lipinski definition) is 5. The van der Waals surface area contributed by atoms with Crippen LogP contribution in [0.5, 0.6) is 11.5 Å². The quantitative estimate of drug-likeness (QED) is 0.612. The van der Waals surface area contributed by atoms with Gasteiger partial charge in [-0.3, -0.25) is 9.89 Å². The van der Waals surface area contributed by atoms with Crippen LogP contribution in [0, 0.1) is 0 Å². The van der Waals surface area contributed by atoms with Crippen LogP contribution in [-0.4, -0.2) is 49.5 Å². The number of amides is 1. The molecule has 1 aromatic heterocycles. The lowest BCUT2D eigenvalue weighted by molar-refractivity contribution is -0.121. The molecule has 0 radical (unpaired) electrons. The first-order chi connectivity index (χ1) is 15.2. The van der Waals surface area contributed by atoms with Crippen molar-refractivity contribution in [3.63, 3.8) is 0 Å². The first-order valence-corrected chi connectivity index (χ1v) is 10.5. The zero-order valence-corrected chi connectivity index (χ0v) is 17.9. The number of hydrogen-bond donors (Lipinski definition) is 2. The zero-order valence-electron chi connectivity index (χ0n) is 17.9. The van der Waals surface area contributed by atoms with Gasteiger partial charge in [0, 0.05) is 30.8 Å². The summed E-state index contributed by atoms with van der Waals surface area (Å²) in [5.74, 6) is 2.48. The van der Waals surface area contributed by atoms with E-state index in [9.17, 15) is 4.79 Å². The Hall–Kier alpha value is -3.48. The van der Waals surface area contributed by atoms with Crippen LogP contribution in [0.2, 0.25) is 0 Å². The molecular formula is C24H28N4O3. The Kier molecular flexibility index (Phi) is 6.40. The minimum absolute atomic E-state index is 0.0114. The monoisotopic (exact) mass is 420 g/mol. The molecule has 0 bridgehead atoms. The number of nitrogens with one attached hydrogen (secondary N) is 2. The summed E-state index contributed by atoms with van der Waals surface area (Å²) in [6.07, 6.45) is 2.28. The fraction of sp³-hybridized carbons (Fsp3) is 0.333. The Labute approximate surface area is 182 Å². The molecule has 0 saturated carbocycles. The Balaban J connectivity index is 1.37. The van der Waals surface area contributed by atoms with Crippen molar-refractivity contribution in [3.8, 4) is 22.8 Å². The number of rotatable bonds is 7. The van der Waals surface area contributed by atoms with Gasteiger partial charge in [0.05, 0.1) is 26.3 Å². The molecule has 1 aliphatic heterocycles. The molecule has 2 heterocycles. The minimum atomic E-state index is 0.0114. The van der Waals surface area contributed by atoms with Gasteiger partial charge in [0.15, 0.2) is 5.82 Å². The number of nitrogens with zero attached hydrogens (tertiary/aromatic N) is 2. The summed E-state index contributed by atoms with van der Waals surface area (Å²) in [6.45, 7) is 1.66. The number of H-pyrrole nitrogens is 1. The highest BCUT2D eigenvalue weighted by Crippen LogP contribution is 2.26. The molecule has 7 nitrogen and oxygen atoms in total. The topological polar surface area (TPSA) is 79.5 Å². The molecular weight excluding hydrogens is 392 g/mol. The van der Waals surface area contributed by atoms with Gasteiger partial charge in [0.25, 0.3) is 0 Å². The number of methoxy groups -OCH3 is 2. The SMILES string of the molecule is COc1ccc(-c2cc(N3CCC[C@H](NC(=O)Cc4ccccc4OC)C3)n[nH]2)cc1. The van der Waals surface area contributed by atoms with E-state index in [1.807, 2.05) is 48.5 Å². The molecule has 4 rings (SSSR count). The van der Waals surface area contributed by atoms with Gasteiger partial charge in [-0.15, -0.1) is 0 Å². The number of ether oxygens (including phenoxy) is 2. The van der Waals surface area contributed by atoms with Crippen LogP contribution in [0.25, 0.3) is 11.3 Å². The number of piperidine rings is 1. The highest BCUT2D eigenvalue weighted by Gasteiger charge is 2.23. The summed E-state index contributed by atoms with van der Waals surface area (Å²) >= 11 is 0. The minimum Gasteiger partial charge on any atom is -0.497 e. The summed E-state index contributed by atoms with van der Waals surface area (Å²) in [5.41, 5.74) is 2.91. The molecule has 3 aromatic rings. The van der Waals surface area contributed by atoms with Crippen molar-refractivity contribution < 1.29 is 14.3 Å². The van der Waals surface area contributed by atoms with Gasteiger partial charge in [-0.1, -0.05) is 18.2 Å². The molecule has 2 aromatic carbocycles. The van der Waals surface area contributed by atoms with Crippen molar-refractivity contribution in [2.45, 2.75) is 25.3 Å². The Bertz CT molecular complexity index is 1020. The first kappa shape index (κ1) is 20.8. The van der Waals surface area contributed by atoms with E-state index in [1.54, 1.807) is 14.2 Å². The van der Waals surface area contributed by atoms with E-state index in [-0.39, 0.29) is 11.9 Å². The standard InChI is InChI=1S/C24H28N4O3/c1-30-20-11-9-17(10-12-20)21-15-23(27-26-21)28-13-5-7-19(16-28)25-24(29)14-18-6-3-4-8-22(18)31-2/h3-4,6,8-12,15,19H,5,7,13-14,16H2,1-2H3,(H,25,29)(H,26,27)/t19-/m0/s1. The van der Waals surface area contributed by atoms with E-state index in [2.05, 4.69) is 26.5 Å². The van der Waals surface area contributed by atoms with E-state index in [1.165, 1.54) is 0 Å². The summed E-state index contributed by atoms with van der Waals surface area (Å²) in [6, 6.07) is 17.7. The Morgan fingerprint density at radius 1 is 1.16 bits per heavy atom. The maximum Gasteiger partial charge on any atom is 0.224 e. The lowest BCUT2D eigenvalue weighted by atomic mass is 10.0. The average molecular weight is 421 g/mol. The third-order valence-corrected chi connectivity index (χ3v) is 5.62. The van der Waals surface area contributed by atoms with Crippen molar-refractivity contribution >= 4 is 11.7 Å². The fourth-order valence-corrected chi connectivity index (χ4v) is 4.00. The molecule has 1 saturated heterocycles. The lowest BCUT2D eigenvalue weighted by Gasteiger charge is -2.33. The largest absolute Gasteiger partial charge is 0.497 e. The number of benzene rings is 2. The average Bonchev–Trinajstić information content (AvgIpc) is 3.30. The maximum absolute atomic E-state index is 12.6. The van der Waals surface area contributed by atoms with Crippen LogP contribution in [-0.2, 0) is 11.2 Å². The van der Waals surface area contributed by atoms with Crippen molar-refractivity contribution in [2.24, 2.45) is 0 Å². The molecule has 1 amide bonds. The first-order valence-electron chi connectivity index (χ1n) is 10.5. The zero-order chi connectivity index (χ0) is 21.6. The molecule has 0 unspecified atom stereocenters. The van der Waals surface area contributed by atoms with Crippen molar-refractivity contribution in [1.29, 1.82) is 0 Å². The van der Waals surface area contributed by atoms with Crippen LogP contribution in [0.4, 0.5) is 5.82 Å². The van der Waals surface area contributed by atoms with Crippen LogP contribution in [0.15, 0.2) is 54.6 Å². The predicted molar refractivity (Wildman–Crippen MR) is 121 cm³/mol. The van der Waals surface area contributed by atoms with Gasteiger partial charge >= 0.3 is 0 Å². The van der Waals surface area contributed by atoms with E-state index in [0.29, 0.717) is 6.42 Å². The molecule has 0 spiro atoms. The predicted octanol–water partition coefficient (Wildman–Crippen LogP) is 3.42. The molecule has 2 N–H and O–H groups in total. The number of carbonyl (C=O) groups is 1. The second kappa shape index (κ2) is 9.55. The smallest absolute Gasteiger partial charge is 0.224 e. The Morgan fingerprint density at radius 3 is 2.74 bits per heavy atom. The van der Waals surface area contributed by atoms with Gasteiger partial charge in [0.1, 0.15) is 11.5 Å². The highest BCUT2D eigenvalue weighted by atomic mass is 16.5. The van der Waals surface area contributed by atoms with E-state index in [4.69, 9.17) is 9.47 Å². The third-order valence-electron chi connectivity index (χ3n) is 5.62. The molecule has 1 aliphatic rings. The van der Waals surface area contributed by atoms with Crippen LogP contribution in [0.1, 0.15) is 18.4 Å².